The van der Waals surface area contributed by atoms with Crippen LogP contribution in [0.1, 0.15) is 91.8 Å². The number of aromatic nitrogens is 2. The Hall–Kier alpha value is -2.91. The number of anilines is 2. The molecule has 4 heterocycles. The number of hydrogen-bond acceptors (Lipinski definition) is 8. The molecule has 1 aliphatic carbocycles. The molecule has 4 aliphatic rings. The Morgan fingerprint density at radius 3 is 2.50 bits per heavy atom. The quantitative estimate of drug-likeness (QED) is 0.517. The van der Waals surface area contributed by atoms with E-state index in [4.69, 9.17) is 14.7 Å². The highest BCUT2D eigenvalue weighted by Crippen LogP contribution is 2.42. The van der Waals surface area contributed by atoms with Gasteiger partial charge >= 0.3 is 6.09 Å². The second kappa shape index (κ2) is 10.5. The summed E-state index contributed by atoms with van der Waals surface area (Å²) in [5.41, 5.74) is 1.26. The normalized spacial score (nSPS) is 22.1. The second-order valence-electron chi connectivity index (χ2n) is 14.3. The summed E-state index contributed by atoms with van der Waals surface area (Å²) in [5.74, 6) is 2.89. The maximum Gasteiger partial charge on any atom is 0.410 e. The Balaban J connectivity index is 1.32. The Morgan fingerprint density at radius 1 is 1.12 bits per heavy atom. The van der Waals surface area contributed by atoms with Gasteiger partial charge in [-0.05, 0) is 79.1 Å². The zero-order chi connectivity index (χ0) is 28.9. The molecule has 2 amide bonds. The van der Waals surface area contributed by atoms with Crippen LogP contribution in [-0.2, 0) is 22.4 Å². The van der Waals surface area contributed by atoms with Crippen molar-refractivity contribution in [3.8, 4) is 0 Å². The van der Waals surface area contributed by atoms with E-state index in [9.17, 15) is 9.59 Å². The molecule has 3 aliphatic heterocycles. The molecule has 220 valence electrons. The Bertz CT molecular complexity index is 1180. The van der Waals surface area contributed by atoms with Crippen molar-refractivity contribution >= 4 is 29.6 Å². The Kier molecular flexibility index (Phi) is 7.50. The molecule has 0 aromatic carbocycles. The molecule has 1 spiro atoms. The second-order valence-corrected chi connectivity index (χ2v) is 14.3. The third kappa shape index (κ3) is 6.20. The molecule has 0 unspecified atom stereocenters. The van der Waals surface area contributed by atoms with Crippen LogP contribution in [0, 0.1) is 11.3 Å². The van der Waals surface area contributed by atoms with E-state index in [0.717, 1.165) is 88.0 Å². The van der Waals surface area contributed by atoms with Gasteiger partial charge in [-0.2, -0.15) is 4.98 Å². The van der Waals surface area contributed by atoms with Crippen LogP contribution in [0.4, 0.5) is 16.6 Å². The molecular formula is C30H47N7O3. The van der Waals surface area contributed by atoms with Crippen LogP contribution in [0.15, 0.2) is 4.99 Å². The monoisotopic (exact) mass is 553 g/mol. The summed E-state index contributed by atoms with van der Waals surface area (Å²) in [7, 11) is 0. The first-order valence-corrected chi connectivity index (χ1v) is 15.0. The van der Waals surface area contributed by atoms with Crippen LogP contribution in [0.2, 0.25) is 0 Å². The van der Waals surface area contributed by atoms with E-state index in [1.54, 1.807) is 0 Å². The van der Waals surface area contributed by atoms with Crippen molar-refractivity contribution in [1.29, 1.82) is 0 Å². The largest absolute Gasteiger partial charge is 0.444 e. The Morgan fingerprint density at radius 2 is 1.85 bits per heavy atom. The van der Waals surface area contributed by atoms with Crippen LogP contribution in [0.5, 0.6) is 0 Å². The van der Waals surface area contributed by atoms with E-state index in [0.29, 0.717) is 12.3 Å². The lowest BCUT2D eigenvalue weighted by Crippen LogP contribution is -2.60. The number of hydrogen-bond donors (Lipinski definition) is 2. The SMILES string of the molecule is CC(C)C[C@@H](CC1=NC(C)(C)C(=O)N1)Nc1nc(N2CCC3(CN(C(=O)OC(C)(C)C)C3)C2)nc2c1CCCC2. The zero-order valence-corrected chi connectivity index (χ0v) is 25.4. The number of aryl methyl sites for hydroxylation is 1. The molecule has 2 saturated heterocycles. The van der Waals surface area contributed by atoms with Crippen molar-refractivity contribution in [2.24, 2.45) is 16.3 Å². The minimum absolute atomic E-state index is 0.0447. The van der Waals surface area contributed by atoms with Crippen LogP contribution in [0.25, 0.3) is 0 Å². The van der Waals surface area contributed by atoms with Gasteiger partial charge in [-0.25, -0.2) is 9.78 Å². The summed E-state index contributed by atoms with van der Waals surface area (Å²) in [6.45, 7) is 17.0. The minimum Gasteiger partial charge on any atom is -0.444 e. The lowest BCUT2D eigenvalue weighted by Gasteiger charge is -2.47. The van der Waals surface area contributed by atoms with Crippen LogP contribution in [-0.4, -0.2) is 76.1 Å². The number of rotatable bonds is 7. The summed E-state index contributed by atoms with van der Waals surface area (Å²) >= 11 is 0. The summed E-state index contributed by atoms with van der Waals surface area (Å²) in [4.78, 5) is 43.9. The number of nitrogens with zero attached hydrogens (tertiary/aromatic N) is 5. The lowest BCUT2D eigenvalue weighted by atomic mass is 9.79. The first-order valence-electron chi connectivity index (χ1n) is 15.0. The number of carbonyl (C=O) groups is 2. The number of amidine groups is 1. The highest BCUT2D eigenvalue weighted by Gasteiger charge is 2.51. The van der Waals surface area contributed by atoms with Crippen LogP contribution in [0.3, 0.4) is 0 Å². The number of amides is 2. The van der Waals surface area contributed by atoms with E-state index >= 15 is 0 Å². The maximum absolute atomic E-state index is 12.5. The summed E-state index contributed by atoms with van der Waals surface area (Å²) in [6.07, 6.45) is 6.61. The van der Waals surface area contributed by atoms with Gasteiger partial charge in [-0.15, -0.1) is 0 Å². The maximum atomic E-state index is 12.5. The lowest BCUT2D eigenvalue weighted by molar-refractivity contribution is -0.122. The number of fused-ring (bicyclic) bond motifs is 1. The van der Waals surface area contributed by atoms with Crippen molar-refractivity contribution in [2.45, 2.75) is 111 Å². The van der Waals surface area contributed by atoms with Crippen LogP contribution >= 0.6 is 0 Å². The van der Waals surface area contributed by atoms with Crippen LogP contribution < -0.4 is 15.5 Å². The van der Waals surface area contributed by atoms with Crippen molar-refractivity contribution in [3.05, 3.63) is 11.3 Å². The highest BCUT2D eigenvalue weighted by molar-refractivity contribution is 6.08. The van der Waals surface area contributed by atoms with Gasteiger partial charge in [0.2, 0.25) is 5.95 Å². The predicted molar refractivity (Wildman–Crippen MR) is 157 cm³/mol. The minimum atomic E-state index is -0.717. The third-order valence-electron chi connectivity index (χ3n) is 8.36. The van der Waals surface area contributed by atoms with Gasteiger partial charge in [0.05, 0.1) is 5.69 Å². The third-order valence-corrected chi connectivity index (χ3v) is 8.36. The van der Waals surface area contributed by atoms with Gasteiger partial charge in [-0.1, -0.05) is 13.8 Å². The molecule has 0 radical (unpaired) electrons. The number of nitrogens with one attached hydrogen (secondary N) is 2. The molecular weight excluding hydrogens is 506 g/mol. The predicted octanol–water partition coefficient (Wildman–Crippen LogP) is 4.33. The average molecular weight is 554 g/mol. The summed E-state index contributed by atoms with van der Waals surface area (Å²) < 4.78 is 5.57. The fraction of sp³-hybridized carbons (Fsp3) is 0.767. The topological polar surface area (TPSA) is 112 Å². The van der Waals surface area contributed by atoms with Crippen molar-refractivity contribution in [3.63, 3.8) is 0 Å². The van der Waals surface area contributed by atoms with Crippen molar-refractivity contribution in [1.82, 2.24) is 20.2 Å². The van der Waals surface area contributed by atoms with Gasteiger partial charge in [0.15, 0.2) is 0 Å². The number of aliphatic imine (C=N–C) groups is 1. The van der Waals surface area contributed by atoms with Gasteiger partial charge in [0.25, 0.3) is 5.91 Å². The molecule has 1 aromatic heterocycles. The molecule has 0 saturated carbocycles. The van der Waals surface area contributed by atoms with Gasteiger partial charge in [0.1, 0.15) is 22.8 Å². The van der Waals surface area contributed by atoms with E-state index in [-0.39, 0.29) is 23.5 Å². The molecule has 5 rings (SSSR count). The van der Waals surface area contributed by atoms with Crippen molar-refractivity contribution < 1.29 is 14.3 Å². The average Bonchev–Trinajstić information content (AvgIpc) is 3.37. The van der Waals surface area contributed by atoms with Crippen molar-refractivity contribution in [2.75, 3.05) is 36.4 Å². The molecule has 1 aromatic rings. The standard InChI is InChI=1S/C30H47N7O3/c1-19(2)14-20(15-23-33-25(38)29(6,7)35-23)31-24-21-10-8-9-11-22(21)32-26(34-24)36-13-12-30(16-36)17-37(18-30)27(39)40-28(3,4)5/h19-20H,8-18H2,1-7H3,(H,31,32,34)(H,33,35,38)/t20-/m0/s1. The zero-order valence-electron chi connectivity index (χ0n) is 25.4. The van der Waals surface area contributed by atoms with Gasteiger partial charge in [0, 0.05) is 49.6 Å². The highest BCUT2D eigenvalue weighted by atomic mass is 16.6. The molecule has 0 bridgehead atoms. The first-order chi connectivity index (χ1) is 18.7. The Labute approximate surface area is 238 Å². The number of carbonyl (C=O) groups excluding carboxylic acids is 2. The number of likely N-dealkylation sites (tertiary alicyclic amines) is 1. The molecule has 40 heavy (non-hydrogen) atoms. The van der Waals surface area contributed by atoms with E-state index in [1.807, 2.05) is 39.5 Å². The molecule has 2 N–H and O–H groups in total. The first kappa shape index (κ1) is 28.6. The van der Waals surface area contributed by atoms with E-state index < -0.39 is 11.1 Å². The number of ether oxygens (including phenoxy) is 1. The molecule has 1 atom stereocenters. The molecule has 2 fully saturated rings. The molecule has 10 nitrogen and oxygen atoms in total. The van der Waals surface area contributed by atoms with E-state index in [2.05, 4.69) is 34.4 Å². The summed E-state index contributed by atoms with van der Waals surface area (Å²) in [5, 5.41) is 6.78. The fourth-order valence-corrected chi connectivity index (χ4v) is 6.41. The van der Waals surface area contributed by atoms with Gasteiger partial charge in [-0.3, -0.25) is 9.79 Å². The van der Waals surface area contributed by atoms with E-state index in [1.165, 1.54) is 5.56 Å². The molecule has 10 heteroatoms. The van der Waals surface area contributed by atoms with Gasteiger partial charge < -0.3 is 25.2 Å². The summed E-state index contributed by atoms with van der Waals surface area (Å²) in [6, 6.07) is 0.0978. The fourth-order valence-electron chi connectivity index (χ4n) is 6.41. The smallest absolute Gasteiger partial charge is 0.410 e.